The molecule has 0 amide bonds. The van der Waals surface area contributed by atoms with Gasteiger partial charge in [-0.05, 0) is 74.4 Å². The molecule has 2 aromatic rings. The van der Waals surface area contributed by atoms with E-state index in [1.165, 1.54) is 23.3 Å². The van der Waals surface area contributed by atoms with Crippen LogP contribution in [0.4, 0.5) is 0 Å². The van der Waals surface area contributed by atoms with Crippen molar-refractivity contribution in [2.24, 2.45) is 0 Å². The van der Waals surface area contributed by atoms with Crippen molar-refractivity contribution in [2.75, 3.05) is 0 Å². The van der Waals surface area contributed by atoms with Gasteiger partial charge >= 0.3 is 0 Å². The number of rotatable bonds is 2. The molecule has 1 aliphatic carbocycles. The Morgan fingerprint density at radius 3 is 1.92 bits per heavy atom. The molecule has 1 saturated carbocycles. The van der Waals surface area contributed by atoms with E-state index < -0.39 is 0 Å². The zero-order chi connectivity index (χ0) is 18.1. The minimum Gasteiger partial charge on any atom is -0.504 e. The fourth-order valence-electron chi connectivity index (χ4n) is 3.94. The number of hydrogen-bond acceptors (Lipinski definition) is 4. The van der Waals surface area contributed by atoms with Gasteiger partial charge in [-0.15, -0.1) is 0 Å². The summed E-state index contributed by atoms with van der Waals surface area (Å²) < 4.78 is 0. The summed E-state index contributed by atoms with van der Waals surface area (Å²) in [4.78, 5) is 0. The third-order valence-corrected chi connectivity index (χ3v) is 5.17. The average molecular weight is 340 g/mol. The lowest BCUT2D eigenvalue weighted by atomic mass is 9.68. The van der Waals surface area contributed by atoms with Crippen molar-refractivity contribution in [1.29, 1.82) is 0 Å². The number of allylic oxidation sites excluding steroid dienone is 2. The number of phenolic OH excluding ortho intramolecular Hbond substituents is 4. The third kappa shape index (κ3) is 3.29. The van der Waals surface area contributed by atoms with E-state index >= 15 is 0 Å². The van der Waals surface area contributed by atoms with Crippen LogP contribution in [-0.2, 0) is 0 Å². The molecule has 0 heterocycles. The van der Waals surface area contributed by atoms with Gasteiger partial charge in [-0.3, -0.25) is 0 Å². The molecule has 0 saturated heterocycles. The lowest BCUT2D eigenvalue weighted by Crippen LogP contribution is -2.19. The van der Waals surface area contributed by atoms with E-state index in [0.717, 1.165) is 30.4 Å². The highest BCUT2D eigenvalue weighted by Gasteiger charge is 2.32. The smallest absolute Gasteiger partial charge is 0.157 e. The molecule has 2 unspecified atom stereocenters. The summed E-state index contributed by atoms with van der Waals surface area (Å²) in [6, 6.07) is 9.99. The first-order valence-electron chi connectivity index (χ1n) is 8.58. The molecule has 4 nitrogen and oxygen atoms in total. The van der Waals surface area contributed by atoms with Crippen molar-refractivity contribution >= 4 is 0 Å². The maximum atomic E-state index is 9.95. The van der Waals surface area contributed by atoms with Crippen LogP contribution in [-0.4, -0.2) is 20.4 Å². The van der Waals surface area contributed by atoms with Gasteiger partial charge < -0.3 is 20.4 Å². The number of phenols is 4. The Labute approximate surface area is 147 Å². The SMILES string of the molecule is CC(C)=C1CCCC(c2ccc(O)c(O)c2)C1c1ccc(O)c(O)c1. The minimum absolute atomic E-state index is 0.0641. The van der Waals surface area contributed by atoms with E-state index in [1.54, 1.807) is 12.1 Å². The third-order valence-electron chi connectivity index (χ3n) is 5.17. The van der Waals surface area contributed by atoms with Gasteiger partial charge in [0.1, 0.15) is 0 Å². The molecule has 4 N–H and O–H groups in total. The molecule has 1 fully saturated rings. The van der Waals surface area contributed by atoms with Crippen molar-refractivity contribution < 1.29 is 20.4 Å². The molecule has 3 rings (SSSR count). The topological polar surface area (TPSA) is 80.9 Å². The van der Waals surface area contributed by atoms with Crippen LogP contribution >= 0.6 is 0 Å². The van der Waals surface area contributed by atoms with Crippen LogP contribution in [0.15, 0.2) is 47.5 Å². The highest BCUT2D eigenvalue weighted by molar-refractivity contribution is 5.48. The first-order valence-corrected chi connectivity index (χ1v) is 8.58. The molecule has 4 heteroatoms. The summed E-state index contributed by atoms with van der Waals surface area (Å²) in [5.74, 6) is -0.293. The molecule has 2 atom stereocenters. The second-order valence-electron chi connectivity index (χ2n) is 7.00. The molecule has 2 aromatic carbocycles. The average Bonchev–Trinajstić information content (AvgIpc) is 2.59. The first kappa shape index (κ1) is 17.2. The minimum atomic E-state index is -0.128. The summed E-state index contributed by atoms with van der Waals surface area (Å²) >= 11 is 0. The van der Waals surface area contributed by atoms with Crippen molar-refractivity contribution in [3.05, 3.63) is 58.7 Å². The Morgan fingerprint density at radius 2 is 1.36 bits per heavy atom. The highest BCUT2D eigenvalue weighted by Crippen LogP contribution is 2.50. The lowest BCUT2D eigenvalue weighted by Gasteiger charge is -2.36. The first-order chi connectivity index (χ1) is 11.9. The predicted octanol–water partition coefficient (Wildman–Crippen LogP) is 4.90. The predicted molar refractivity (Wildman–Crippen MR) is 97.3 cm³/mol. The molecular formula is C21H24O4. The molecule has 1 aliphatic rings. The summed E-state index contributed by atoms with van der Waals surface area (Å²) in [5, 5.41) is 39.1. The van der Waals surface area contributed by atoms with Crippen molar-refractivity contribution in [3.63, 3.8) is 0 Å². The van der Waals surface area contributed by atoms with E-state index in [0.29, 0.717) is 0 Å². The molecule has 0 radical (unpaired) electrons. The van der Waals surface area contributed by atoms with Gasteiger partial charge in [-0.25, -0.2) is 0 Å². The fraction of sp³-hybridized carbons (Fsp3) is 0.333. The van der Waals surface area contributed by atoms with Gasteiger partial charge in [-0.2, -0.15) is 0 Å². The summed E-state index contributed by atoms with van der Waals surface area (Å²) in [5.41, 5.74) is 4.49. The van der Waals surface area contributed by atoms with E-state index in [4.69, 9.17) is 0 Å². The fourth-order valence-corrected chi connectivity index (χ4v) is 3.94. The molecule has 132 valence electrons. The number of hydrogen-bond donors (Lipinski definition) is 4. The van der Waals surface area contributed by atoms with E-state index in [1.807, 2.05) is 12.1 Å². The van der Waals surface area contributed by atoms with Gasteiger partial charge in [0, 0.05) is 5.92 Å². The van der Waals surface area contributed by atoms with Crippen molar-refractivity contribution in [3.8, 4) is 23.0 Å². The maximum absolute atomic E-state index is 9.95. The van der Waals surface area contributed by atoms with Gasteiger partial charge in [-0.1, -0.05) is 23.3 Å². The second-order valence-corrected chi connectivity index (χ2v) is 7.00. The quantitative estimate of drug-likeness (QED) is 0.463. The van der Waals surface area contributed by atoms with Crippen LogP contribution in [0, 0.1) is 0 Å². The van der Waals surface area contributed by atoms with Crippen LogP contribution in [0.5, 0.6) is 23.0 Å². The Bertz CT molecular complexity index is 819. The van der Waals surface area contributed by atoms with Crippen molar-refractivity contribution in [2.45, 2.75) is 44.9 Å². The Hall–Kier alpha value is -2.62. The number of benzene rings is 2. The van der Waals surface area contributed by atoms with Gasteiger partial charge in [0.25, 0.3) is 0 Å². The van der Waals surface area contributed by atoms with E-state index in [9.17, 15) is 20.4 Å². The normalized spacial score (nSPS) is 20.5. The zero-order valence-corrected chi connectivity index (χ0v) is 14.5. The van der Waals surface area contributed by atoms with Crippen molar-refractivity contribution in [1.82, 2.24) is 0 Å². The molecule has 25 heavy (non-hydrogen) atoms. The van der Waals surface area contributed by atoms with Gasteiger partial charge in [0.2, 0.25) is 0 Å². The summed E-state index contributed by atoms with van der Waals surface area (Å²) in [7, 11) is 0. The number of aromatic hydroxyl groups is 4. The Kier molecular flexibility index (Phi) is 4.62. The largest absolute Gasteiger partial charge is 0.504 e. The Balaban J connectivity index is 2.12. The van der Waals surface area contributed by atoms with Crippen LogP contribution in [0.1, 0.15) is 56.1 Å². The molecule has 0 aliphatic heterocycles. The summed E-state index contributed by atoms with van der Waals surface area (Å²) in [6.07, 6.45) is 3.00. The second kappa shape index (κ2) is 6.71. The van der Waals surface area contributed by atoms with Crippen LogP contribution in [0.2, 0.25) is 0 Å². The monoisotopic (exact) mass is 340 g/mol. The lowest BCUT2D eigenvalue weighted by molar-refractivity contribution is 0.397. The van der Waals surface area contributed by atoms with E-state index in [-0.39, 0.29) is 34.8 Å². The standard InChI is InChI=1S/C21H24O4/c1-12(2)15-4-3-5-16(13-6-8-17(22)19(24)10-13)21(15)14-7-9-18(23)20(25)11-14/h6-11,16,21-25H,3-5H2,1-2H3. The van der Waals surface area contributed by atoms with E-state index in [2.05, 4.69) is 13.8 Å². The molecule has 0 aromatic heterocycles. The molecular weight excluding hydrogens is 316 g/mol. The van der Waals surface area contributed by atoms with Crippen LogP contribution < -0.4 is 0 Å². The summed E-state index contributed by atoms with van der Waals surface area (Å²) in [6.45, 7) is 4.19. The molecule has 0 bridgehead atoms. The Morgan fingerprint density at radius 1 is 0.800 bits per heavy atom. The zero-order valence-electron chi connectivity index (χ0n) is 14.5. The highest BCUT2D eigenvalue weighted by atomic mass is 16.3. The maximum Gasteiger partial charge on any atom is 0.157 e. The van der Waals surface area contributed by atoms with Crippen LogP contribution in [0.3, 0.4) is 0 Å². The van der Waals surface area contributed by atoms with Crippen LogP contribution in [0.25, 0.3) is 0 Å². The van der Waals surface area contributed by atoms with Gasteiger partial charge in [0.05, 0.1) is 0 Å². The van der Waals surface area contributed by atoms with Gasteiger partial charge in [0.15, 0.2) is 23.0 Å². The molecule has 0 spiro atoms.